The first-order chi connectivity index (χ1) is 12.3. The number of hydrogen-bond acceptors (Lipinski definition) is 0. The topological polar surface area (TPSA) is 0 Å². The van der Waals surface area contributed by atoms with Crippen LogP contribution in [0.2, 0.25) is 5.02 Å². The summed E-state index contributed by atoms with van der Waals surface area (Å²) in [5.41, 5.74) is 7.19. The molecule has 0 fully saturated rings. The van der Waals surface area contributed by atoms with Gasteiger partial charge >= 0.3 is 0 Å². The highest BCUT2D eigenvalue weighted by atomic mass is 35.5. The van der Waals surface area contributed by atoms with Gasteiger partial charge in [-0.1, -0.05) is 96.5 Å². The number of halogens is 1. The normalized spacial score (nSPS) is 10.6. The summed E-state index contributed by atoms with van der Waals surface area (Å²) in [6.07, 6.45) is 0. The molecule has 25 heavy (non-hydrogen) atoms. The zero-order valence-corrected chi connectivity index (χ0v) is 14.4. The van der Waals surface area contributed by atoms with Crippen LogP contribution in [-0.2, 0) is 0 Å². The van der Waals surface area contributed by atoms with Gasteiger partial charge in [0.05, 0.1) is 0 Å². The molecule has 0 nitrogen and oxygen atoms in total. The minimum atomic E-state index is 0.759. The van der Waals surface area contributed by atoms with E-state index in [1.807, 2.05) is 24.3 Å². The number of rotatable bonds is 3. The van der Waals surface area contributed by atoms with Crippen LogP contribution in [-0.4, -0.2) is 0 Å². The SMILES string of the molecule is Clc1cccc(-c2cccc(-c3ccc(-c4ccccc4)cc3)c2)c1. The van der Waals surface area contributed by atoms with Gasteiger partial charge in [-0.05, 0) is 51.6 Å². The lowest BCUT2D eigenvalue weighted by molar-refractivity contribution is 1.57. The third-order valence-electron chi connectivity index (χ3n) is 4.35. The molecule has 0 unspecified atom stereocenters. The summed E-state index contributed by atoms with van der Waals surface area (Å²) >= 11 is 6.13. The van der Waals surface area contributed by atoms with Crippen molar-refractivity contribution in [3.05, 3.63) is 108 Å². The number of benzene rings is 4. The van der Waals surface area contributed by atoms with Crippen LogP contribution in [0, 0.1) is 0 Å². The molecule has 0 atom stereocenters. The lowest BCUT2D eigenvalue weighted by Gasteiger charge is -2.08. The quantitative estimate of drug-likeness (QED) is 0.366. The fourth-order valence-electron chi connectivity index (χ4n) is 3.03. The van der Waals surface area contributed by atoms with Gasteiger partial charge in [0.2, 0.25) is 0 Å². The van der Waals surface area contributed by atoms with Crippen LogP contribution in [0.5, 0.6) is 0 Å². The first kappa shape index (κ1) is 15.7. The molecule has 4 rings (SSSR count). The summed E-state index contributed by atoms with van der Waals surface area (Å²) in [4.78, 5) is 0. The average Bonchev–Trinajstić information content (AvgIpc) is 2.69. The predicted octanol–water partition coefficient (Wildman–Crippen LogP) is 7.34. The van der Waals surface area contributed by atoms with Crippen molar-refractivity contribution in [2.45, 2.75) is 0 Å². The van der Waals surface area contributed by atoms with Crippen molar-refractivity contribution in [3.8, 4) is 33.4 Å². The molecule has 0 radical (unpaired) electrons. The lowest BCUT2D eigenvalue weighted by Crippen LogP contribution is -1.82. The average molecular weight is 341 g/mol. The van der Waals surface area contributed by atoms with Crippen LogP contribution in [0.1, 0.15) is 0 Å². The van der Waals surface area contributed by atoms with Crippen LogP contribution in [0.15, 0.2) is 103 Å². The molecule has 120 valence electrons. The van der Waals surface area contributed by atoms with Gasteiger partial charge in [-0.25, -0.2) is 0 Å². The van der Waals surface area contributed by atoms with E-state index in [1.54, 1.807) is 0 Å². The third-order valence-corrected chi connectivity index (χ3v) is 4.58. The lowest BCUT2D eigenvalue weighted by atomic mass is 9.97. The Kier molecular flexibility index (Phi) is 4.37. The second-order valence-electron chi connectivity index (χ2n) is 6.03. The zero-order chi connectivity index (χ0) is 17.1. The van der Waals surface area contributed by atoms with Crippen LogP contribution >= 0.6 is 11.6 Å². The monoisotopic (exact) mass is 340 g/mol. The zero-order valence-electron chi connectivity index (χ0n) is 13.7. The van der Waals surface area contributed by atoms with Crippen LogP contribution in [0.4, 0.5) is 0 Å². The minimum Gasteiger partial charge on any atom is -0.0843 e. The highest BCUT2D eigenvalue weighted by molar-refractivity contribution is 6.30. The van der Waals surface area contributed by atoms with Crippen molar-refractivity contribution in [3.63, 3.8) is 0 Å². The molecule has 0 spiro atoms. The van der Waals surface area contributed by atoms with Crippen LogP contribution in [0.25, 0.3) is 33.4 Å². The van der Waals surface area contributed by atoms with Gasteiger partial charge in [-0.15, -0.1) is 0 Å². The van der Waals surface area contributed by atoms with Crippen molar-refractivity contribution >= 4 is 11.6 Å². The van der Waals surface area contributed by atoms with Crippen molar-refractivity contribution in [2.24, 2.45) is 0 Å². The van der Waals surface area contributed by atoms with E-state index in [0.29, 0.717) is 0 Å². The Morgan fingerprint density at radius 2 is 0.800 bits per heavy atom. The van der Waals surface area contributed by atoms with E-state index in [0.717, 1.165) is 10.6 Å². The second-order valence-corrected chi connectivity index (χ2v) is 6.47. The Bertz CT molecular complexity index is 986. The van der Waals surface area contributed by atoms with Crippen molar-refractivity contribution < 1.29 is 0 Å². The molecule has 0 heterocycles. The molecule has 0 N–H and O–H groups in total. The van der Waals surface area contributed by atoms with Gasteiger partial charge in [0.15, 0.2) is 0 Å². The first-order valence-corrected chi connectivity index (χ1v) is 8.69. The van der Waals surface area contributed by atoms with E-state index in [-0.39, 0.29) is 0 Å². The molecule has 1 heteroatoms. The molecule has 0 amide bonds. The molecule has 0 saturated heterocycles. The maximum absolute atomic E-state index is 6.13. The van der Waals surface area contributed by atoms with Crippen molar-refractivity contribution in [1.29, 1.82) is 0 Å². The first-order valence-electron chi connectivity index (χ1n) is 8.31. The molecular weight excluding hydrogens is 324 g/mol. The van der Waals surface area contributed by atoms with E-state index in [2.05, 4.69) is 78.9 Å². The maximum Gasteiger partial charge on any atom is 0.0412 e. The Morgan fingerprint density at radius 1 is 0.360 bits per heavy atom. The third kappa shape index (κ3) is 3.50. The van der Waals surface area contributed by atoms with Crippen molar-refractivity contribution in [2.75, 3.05) is 0 Å². The van der Waals surface area contributed by atoms with Gasteiger partial charge < -0.3 is 0 Å². The molecule has 0 saturated carbocycles. The molecule has 4 aromatic rings. The van der Waals surface area contributed by atoms with Gasteiger partial charge in [-0.2, -0.15) is 0 Å². The Morgan fingerprint density at radius 3 is 1.44 bits per heavy atom. The Hall–Kier alpha value is -2.83. The minimum absolute atomic E-state index is 0.759. The van der Waals surface area contributed by atoms with E-state index in [9.17, 15) is 0 Å². The molecule has 0 aliphatic heterocycles. The summed E-state index contributed by atoms with van der Waals surface area (Å²) in [6.45, 7) is 0. The summed E-state index contributed by atoms with van der Waals surface area (Å²) in [5.74, 6) is 0. The van der Waals surface area contributed by atoms with Gasteiger partial charge in [0.1, 0.15) is 0 Å². The number of hydrogen-bond donors (Lipinski definition) is 0. The molecule has 0 bridgehead atoms. The smallest absolute Gasteiger partial charge is 0.0412 e. The standard InChI is InChI=1S/C24H17Cl/c25-24-11-5-10-23(17-24)22-9-4-8-21(16-22)20-14-12-19(13-15-20)18-6-2-1-3-7-18/h1-17H. The van der Waals surface area contributed by atoms with E-state index in [4.69, 9.17) is 11.6 Å². The molecule has 0 aromatic heterocycles. The largest absolute Gasteiger partial charge is 0.0843 e. The maximum atomic E-state index is 6.13. The molecule has 0 aliphatic carbocycles. The predicted molar refractivity (Wildman–Crippen MR) is 108 cm³/mol. The molecule has 0 aliphatic rings. The Labute approximate surface area is 153 Å². The van der Waals surface area contributed by atoms with Crippen LogP contribution < -0.4 is 0 Å². The molecular formula is C24H17Cl. The highest BCUT2D eigenvalue weighted by Gasteiger charge is 2.03. The summed E-state index contributed by atoms with van der Waals surface area (Å²) in [6, 6.07) is 35.7. The highest BCUT2D eigenvalue weighted by Crippen LogP contribution is 2.29. The fraction of sp³-hybridized carbons (Fsp3) is 0. The van der Waals surface area contributed by atoms with E-state index >= 15 is 0 Å². The Balaban J connectivity index is 1.67. The van der Waals surface area contributed by atoms with E-state index < -0.39 is 0 Å². The van der Waals surface area contributed by atoms with Gasteiger partial charge in [-0.3, -0.25) is 0 Å². The summed E-state index contributed by atoms with van der Waals surface area (Å²) in [5, 5.41) is 0.759. The van der Waals surface area contributed by atoms with Crippen LogP contribution in [0.3, 0.4) is 0 Å². The second kappa shape index (κ2) is 6.96. The summed E-state index contributed by atoms with van der Waals surface area (Å²) < 4.78 is 0. The van der Waals surface area contributed by atoms with Gasteiger partial charge in [0, 0.05) is 5.02 Å². The van der Waals surface area contributed by atoms with Crippen molar-refractivity contribution in [1.82, 2.24) is 0 Å². The fourth-order valence-corrected chi connectivity index (χ4v) is 3.22. The summed E-state index contributed by atoms with van der Waals surface area (Å²) in [7, 11) is 0. The molecule has 4 aromatic carbocycles. The van der Waals surface area contributed by atoms with E-state index in [1.165, 1.54) is 27.8 Å². The van der Waals surface area contributed by atoms with Gasteiger partial charge in [0.25, 0.3) is 0 Å².